The quantitative estimate of drug-likeness (QED) is 0.876. The first kappa shape index (κ1) is 16.6. The fourth-order valence-electron chi connectivity index (χ4n) is 2.54. The van der Waals surface area contributed by atoms with Crippen molar-refractivity contribution in [2.75, 3.05) is 18.4 Å². The Hall–Kier alpha value is -2.21. The topological polar surface area (TPSA) is 62.3 Å². The lowest BCUT2D eigenvalue weighted by Gasteiger charge is -2.22. The van der Waals surface area contributed by atoms with E-state index in [9.17, 15) is 9.59 Å². The highest BCUT2D eigenvalue weighted by atomic mass is 32.1. The standard InChI is InChI=1S/C18H21N3O2S/c1-12-4-3-5-15(8-12)17(23)21(10-14-6-7-14)11-16(22)20-18-19-9-13(2)24-18/h3-5,8-9,14H,6-7,10-11H2,1-2H3,(H,19,20,22). The molecule has 1 saturated carbocycles. The van der Waals surface area contributed by atoms with E-state index in [1.165, 1.54) is 11.3 Å². The van der Waals surface area contributed by atoms with Crippen LogP contribution >= 0.6 is 11.3 Å². The van der Waals surface area contributed by atoms with E-state index in [1.54, 1.807) is 17.2 Å². The zero-order valence-corrected chi connectivity index (χ0v) is 14.7. The number of thiazole rings is 1. The van der Waals surface area contributed by atoms with Gasteiger partial charge in [0.25, 0.3) is 5.91 Å². The van der Waals surface area contributed by atoms with Crippen LogP contribution in [0.1, 0.15) is 33.6 Å². The van der Waals surface area contributed by atoms with Crippen LogP contribution in [0.5, 0.6) is 0 Å². The summed E-state index contributed by atoms with van der Waals surface area (Å²) in [5.41, 5.74) is 1.67. The van der Waals surface area contributed by atoms with Crippen molar-refractivity contribution in [2.24, 2.45) is 5.92 Å². The van der Waals surface area contributed by atoms with Gasteiger partial charge in [-0.2, -0.15) is 0 Å². The third kappa shape index (κ3) is 4.41. The average Bonchev–Trinajstić information content (AvgIpc) is 3.27. The monoisotopic (exact) mass is 343 g/mol. The maximum atomic E-state index is 12.8. The van der Waals surface area contributed by atoms with Crippen molar-refractivity contribution in [3.8, 4) is 0 Å². The summed E-state index contributed by atoms with van der Waals surface area (Å²) in [5, 5.41) is 3.35. The molecule has 1 fully saturated rings. The first-order valence-corrected chi connectivity index (χ1v) is 8.91. The van der Waals surface area contributed by atoms with E-state index in [1.807, 2.05) is 32.0 Å². The van der Waals surface area contributed by atoms with Crippen LogP contribution in [0, 0.1) is 19.8 Å². The van der Waals surface area contributed by atoms with E-state index in [0.717, 1.165) is 23.3 Å². The molecule has 0 spiro atoms. The minimum Gasteiger partial charge on any atom is -0.329 e. The number of aryl methyl sites for hydroxylation is 2. The predicted molar refractivity (Wildman–Crippen MR) is 95.3 cm³/mol. The lowest BCUT2D eigenvalue weighted by atomic mass is 10.1. The molecule has 0 bridgehead atoms. The first-order valence-electron chi connectivity index (χ1n) is 8.09. The van der Waals surface area contributed by atoms with Gasteiger partial charge in [0.15, 0.2) is 5.13 Å². The third-order valence-electron chi connectivity index (χ3n) is 3.93. The number of nitrogens with zero attached hydrogens (tertiary/aromatic N) is 2. The van der Waals surface area contributed by atoms with E-state index < -0.39 is 0 Å². The molecule has 0 saturated heterocycles. The number of carbonyl (C=O) groups excluding carboxylic acids is 2. The van der Waals surface area contributed by atoms with Gasteiger partial charge in [-0.1, -0.05) is 17.7 Å². The van der Waals surface area contributed by atoms with Gasteiger partial charge in [-0.25, -0.2) is 4.98 Å². The molecule has 5 nitrogen and oxygen atoms in total. The molecular weight excluding hydrogens is 322 g/mol. The minimum atomic E-state index is -0.203. The average molecular weight is 343 g/mol. The van der Waals surface area contributed by atoms with Crippen molar-refractivity contribution in [3.05, 3.63) is 46.5 Å². The van der Waals surface area contributed by atoms with Gasteiger partial charge in [0, 0.05) is 23.2 Å². The van der Waals surface area contributed by atoms with E-state index in [2.05, 4.69) is 10.3 Å². The molecule has 6 heteroatoms. The number of amides is 2. The second-order valence-electron chi connectivity index (χ2n) is 6.32. The lowest BCUT2D eigenvalue weighted by Crippen LogP contribution is -2.39. The fourth-order valence-corrected chi connectivity index (χ4v) is 3.22. The van der Waals surface area contributed by atoms with Crippen molar-refractivity contribution in [3.63, 3.8) is 0 Å². The van der Waals surface area contributed by atoms with Gasteiger partial charge in [-0.15, -0.1) is 11.3 Å². The lowest BCUT2D eigenvalue weighted by molar-refractivity contribution is -0.116. The van der Waals surface area contributed by atoms with Gasteiger partial charge in [0.1, 0.15) is 6.54 Å². The third-order valence-corrected chi connectivity index (χ3v) is 4.76. The molecule has 2 aromatic rings. The Balaban J connectivity index is 1.68. The van der Waals surface area contributed by atoms with Crippen LogP contribution in [0.3, 0.4) is 0 Å². The number of rotatable bonds is 6. The Kier molecular flexibility index (Phi) is 4.94. The number of benzene rings is 1. The number of carbonyl (C=O) groups is 2. The van der Waals surface area contributed by atoms with Gasteiger partial charge in [0.05, 0.1) is 0 Å². The highest BCUT2D eigenvalue weighted by Crippen LogP contribution is 2.30. The molecule has 1 aromatic carbocycles. The molecule has 0 unspecified atom stereocenters. The molecule has 1 aliphatic rings. The first-order chi connectivity index (χ1) is 11.5. The summed E-state index contributed by atoms with van der Waals surface area (Å²) in [4.78, 5) is 31.9. The maximum Gasteiger partial charge on any atom is 0.254 e. The molecule has 1 heterocycles. The van der Waals surface area contributed by atoms with Crippen molar-refractivity contribution in [1.82, 2.24) is 9.88 Å². The summed E-state index contributed by atoms with van der Waals surface area (Å²) in [6.07, 6.45) is 3.98. The Labute approximate surface area is 145 Å². The molecule has 1 aromatic heterocycles. The van der Waals surface area contributed by atoms with Gasteiger partial charge in [-0.05, 0) is 44.7 Å². The van der Waals surface area contributed by atoms with Gasteiger partial charge in [0.2, 0.25) is 5.91 Å². The summed E-state index contributed by atoms with van der Waals surface area (Å²) in [6.45, 7) is 4.59. The molecule has 1 aliphatic carbocycles. The summed E-state index contributed by atoms with van der Waals surface area (Å²) in [7, 11) is 0. The zero-order chi connectivity index (χ0) is 17.1. The van der Waals surface area contributed by atoms with Crippen LogP contribution in [-0.2, 0) is 4.79 Å². The van der Waals surface area contributed by atoms with E-state index in [4.69, 9.17) is 0 Å². The molecule has 0 atom stereocenters. The Morgan fingerprint density at radius 1 is 1.33 bits per heavy atom. The Bertz CT molecular complexity index is 752. The Morgan fingerprint density at radius 3 is 2.75 bits per heavy atom. The second kappa shape index (κ2) is 7.13. The summed E-state index contributed by atoms with van der Waals surface area (Å²) >= 11 is 1.43. The maximum absolute atomic E-state index is 12.8. The smallest absolute Gasteiger partial charge is 0.254 e. The number of hydrogen-bond acceptors (Lipinski definition) is 4. The van der Waals surface area contributed by atoms with Crippen LogP contribution < -0.4 is 5.32 Å². The number of anilines is 1. The largest absolute Gasteiger partial charge is 0.329 e. The van der Waals surface area contributed by atoms with Gasteiger partial charge in [-0.3, -0.25) is 9.59 Å². The van der Waals surface area contributed by atoms with Crippen molar-refractivity contribution >= 4 is 28.3 Å². The zero-order valence-electron chi connectivity index (χ0n) is 13.9. The Morgan fingerprint density at radius 2 is 2.12 bits per heavy atom. The van der Waals surface area contributed by atoms with E-state index in [-0.39, 0.29) is 18.4 Å². The second-order valence-corrected chi connectivity index (χ2v) is 7.56. The molecule has 3 rings (SSSR count). The summed E-state index contributed by atoms with van der Waals surface area (Å²) < 4.78 is 0. The number of nitrogens with one attached hydrogen (secondary N) is 1. The predicted octanol–water partition coefficient (Wildman–Crippen LogP) is 3.25. The van der Waals surface area contributed by atoms with Crippen LogP contribution in [-0.4, -0.2) is 34.8 Å². The number of aromatic nitrogens is 1. The molecule has 2 amide bonds. The molecule has 24 heavy (non-hydrogen) atoms. The molecule has 0 aliphatic heterocycles. The highest BCUT2D eigenvalue weighted by molar-refractivity contribution is 7.15. The summed E-state index contributed by atoms with van der Waals surface area (Å²) in [5.74, 6) is 0.232. The van der Waals surface area contributed by atoms with Crippen LogP contribution in [0.2, 0.25) is 0 Å². The van der Waals surface area contributed by atoms with Crippen LogP contribution in [0.25, 0.3) is 0 Å². The van der Waals surface area contributed by atoms with Gasteiger partial charge < -0.3 is 10.2 Å². The fraction of sp³-hybridized carbons (Fsp3) is 0.389. The molecule has 126 valence electrons. The van der Waals surface area contributed by atoms with Crippen LogP contribution in [0.15, 0.2) is 30.5 Å². The van der Waals surface area contributed by atoms with Crippen molar-refractivity contribution < 1.29 is 9.59 Å². The van der Waals surface area contributed by atoms with Crippen LogP contribution in [0.4, 0.5) is 5.13 Å². The van der Waals surface area contributed by atoms with E-state index in [0.29, 0.717) is 23.2 Å². The molecule has 0 radical (unpaired) electrons. The SMILES string of the molecule is Cc1cccc(C(=O)N(CC(=O)Nc2ncc(C)s2)CC2CC2)c1. The number of hydrogen-bond donors (Lipinski definition) is 1. The molecular formula is C18H21N3O2S. The van der Waals surface area contributed by atoms with Crippen molar-refractivity contribution in [1.29, 1.82) is 0 Å². The van der Waals surface area contributed by atoms with Gasteiger partial charge >= 0.3 is 0 Å². The minimum absolute atomic E-state index is 0.0574. The highest BCUT2D eigenvalue weighted by Gasteiger charge is 2.28. The normalized spacial score (nSPS) is 13.6. The van der Waals surface area contributed by atoms with Crippen molar-refractivity contribution in [2.45, 2.75) is 26.7 Å². The summed E-state index contributed by atoms with van der Waals surface area (Å²) in [6, 6.07) is 7.50. The molecule has 1 N–H and O–H groups in total. The van der Waals surface area contributed by atoms with E-state index >= 15 is 0 Å².